The van der Waals surface area contributed by atoms with Gasteiger partial charge in [0.1, 0.15) is 6.61 Å². The van der Waals surface area contributed by atoms with Gasteiger partial charge in [-0.1, -0.05) is 12.0 Å². The summed E-state index contributed by atoms with van der Waals surface area (Å²) in [6.45, 7) is 12.3. The van der Waals surface area contributed by atoms with E-state index in [1.807, 2.05) is 18.2 Å². The van der Waals surface area contributed by atoms with Gasteiger partial charge in [-0.05, 0) is 38.5 Å². The third-order valence-corrected chi connectivity index (χ3v) is 4.86. The van der Waals surface area contributed by atoms with E-state index in [2.05, 4.69) is 42.2 Å². The SMILES string of the molecule is C#CCOc1cc(CN=C(NCC)NCC(C)(C)N2CCOCC2)ccc1OC.I. The van der Waals surface area contributed by atoms with E-state index in [0.29, 0.717) is 18.0 Å². The number of rotatable bonds is 9. The molecule has 1 heterocycles. The number of hydrogen-bond acceptors (Lipinski definition) is 5. The van der Waals surface area contributed by atoms with Crippen LogP contribution in [0.25, 0.3) is 0 Å². The Balaban J connectivity index is 0.00000450. The molecule has 0 bridgehead atoms. The number of morpholine rings is 1. The van der Waals surface area contributed by atoms with Gasteiger partial charge in [0.15, 0.2) is 17.5 Å². The van der Waals surface area contributed by atoms with Crippen LogP contribution in [0.5, 0.6) is 11.5 Å². The van der Waals surface area contributed by atoms with E-state index >= 15 is 0 Å². The smallest absolute Gasteiger partial charge is 0.191 e. The number of halogens is 1. The highest BCUT2D eigenvalue weighted by atomic mass is 127. The van der Waals surface area contributed by atoms with E-state index < -0.39 is 0 Å². The van der Waals surface area contributed by atoms with Gasteiger partial charge in [-0.15, -0.1) is 30.4 Å². The Labute approximate surface area is 198 Å². The van der Waals surface area contributed by atoms with Crippen LogP contribution in [0.1, 0.15) is 26.3 Å². The van der Waals surface area contributed by atoms with Crippen molar-refractivity contribution in [2.24, 2.45) is 4.99 Å². The summed E-state index contributed by atoms with van der Waals surface area (Å²) in [5.74, 6) is 4.55. The molecule has 0 atom stereocenters. The monoisotopic (exact) mass is 530 g/mol. The lowest BCUT2D eigenvalue weighted by atomic mass is 10.0. The Morgan fingerprint density at radius 3 is 2.63 bits per heavy atom. The van der Waals surface area contributed by atoms with Crippen LogP contribution in [-0.2, 0) is 11.3 Å². The molecule has 1 saturated heterocycles. The van der Waals surface area contributed by atoms with E-state index in [-0.39, 0.29) is 36.1 Å². The second kappa shape index (κ2) is 13.6. The molecule has 30 heavy (non-hydrogen) atoms. The zero-order valence-corrected chi connectivity index (χ0v) is 20.8. The van der Waals surface area contributed by atoms with Crippen LogP contribution in [0, 0.1) is 12.3 Å². The number of benzene rings is 1. The standard InChI is InChI=1S/C22H34N4O3.HI/c1-6-12-29-20-15-18(8-9-19(20)27-5)16-24-21(23-7-2)25-17-22(3,4)26-10-13-28-14-11-26;/h1,8-9,15H,7,10-14,16-17H2,2-5H3,(H2,23,24,25);1H. The van der Waals surface area contributed by atoms with Crippen LogP contribution in [0.4, 0.5) is 0 Å². The summed E-state index contributed by atoms with van der Waals surface area (Å²) < 4.78 is 16.4. The van der Waals surface area contributed by atoms with Gasteiger partial charge < -0.3 is 24.8 Å². The second-order valence-corrected chi connectivity index (χ2v) is 7.44. The molecule has 1 aliphatic rings. The van der Waals surface area contributed by atoms with Crippen molar-refractivity contribution in [1.82, 2.24) is 15.5 Å². The summed E-state index contributed by atoms with van der Waals surface area (Å²) in [5, 5.41) is 6.79. The Bertz CT molecular complexity index is 713. The molecule has 7 nitrogen and oxygen atoms in total. The predicted octanol–water partition coefficient (Wildman–Crippen LogP) is 2.49. The van der Waals surface area contributed by atoms with Crippen molar-refractivity contribution in [2.75, 3.05) is 53.1 Å². The third-order valence-electron chi connectivity index (χ3n) is 4.86. The number of terminal acetylenes is 1. The molecule has 1 aliphatic heterocycles. The summed E-state index contributed by atoms with van der Waals surface area (Å²) in [6.07, 6.45) is 5.30. The van der Waals surface area contributed by atoms with E-state index in [9.17, 15) is 0 Å². The normalized spacial score (nSPS) is 15.0. The van der Waals surface area contributed by atoms with Gasteiger partial charge in [0.05, 0.1) is 26.9 Å². The van der Waals surface area contributed by atoms with Gasteiger partial charge in [0.25, 0.3) is 0 Å². The molecule has 0 saturated carbocycles. The fraction of sp³-hybridized carbons (Fsp3) is 0.591. The molecule has 0 amide bonds. The Hall–Kier alpha value is -1.70. The number of nitrogens with one attached hydrogen (secondary N) is 2. The van der Waals surface area contributed by atoms with Crippen LogP contribution in [0.15, 0.2) is 23.2 Å². The van der Waals surface area contributed by atoms with E-state index in [1.165, 1.54) is 0 Å². The lowest BCUT2D eigenvalue weighted by molar-refractivity contribution is -0.00834. The van der Waals surface area contributed by atoms with Gasteiger partial charge in [-0.3, -0.25) is 4.90 Å². The van der Waals surface area contributed by atoms with Gasteiger partial charge in [0, 0.05) is 31.7 Å². The molecule has 168 valence electrons. The van der Waals surface area contributed by atoms with Crippen molar-refractivity contribution in [3.05, 3.63) is 23.8 Å². The maximum Gasteiger partial charge on any atom is 0.191 e. The highest BCUT2D eigenvalue weighted by molar-refractivity contribution is 14.0. The highest BCUT2D eigenvalue weighted by Crippen LogP contribution is 2.28. The number of guanidine groups is 1. The first-order valence-electron chi connectivity index (χ1n) is 10.1. The van der Waals surface area contributed by atoms with Crippen LogP contribution in [0.3, 0.4) is 0 Å². The van der Waals surface area contributed by atoms with Crippen molar-refractivity contribution in [3.63, 3.8) is 0 Å². The Morgan fingerprint density at radius 1 is 1.27 bits per heavy atom. The van der Waals surface area contributed by atoms with Crippen LogP contribution >= 0.6 is 24.0 Å². The number of nitrogens with zero attached hydrogens (tertiary/aromatic N) is 2. The van der Waals surface area contributed by atoms with Gasteiger partial charge in [-0.25, -0.2) is 4.99 Å². The summed E-state index contributed by atoms with van der Waals surface area (Å²) in [5.41, 5.74) is 1.03. The van der Waals surface area contributed by atoms with Gasteiger partial charge in [0.2, 0.25) is 0 Å². The lowest BCUT2D eigenvalue weighted by Gasteiger charge is -2.41. The number of ether oxygens (including phenoxy) is 3. The van der Waals surface area contributed by atoms with Crippen molar-refractivity contribution in [3.8, 4) is 23.8 Å². The maximum atomic E-state index is 5.57. The maximum absolute atomic E-state index is 5.57. The molecular formula is C22H35IN4O3. The zero-order chi connectivity index (χ0) is 21.1. The van der Waals surface area contributed by atoms with E-state index in [0.717, 1.165) is 50.9 Å². The third kappa shape index (κ3) is 8.20. The first kappa shape index (κ1) is 26.3. The zero-order valence-electron chi connectivity index (χ0n) is 18.5. The quantitative estimate of drug-likeness (QED) is 0.222. The molecule has 2 N–H and O–H groups in total. The molecule has 1 aromatic carbocycles. The minimum Gasteiger partial charge on any atom is -0.493 e. The molecule has 1 aromatic rings. The van der Waals surface area contributed by atoms with Crippen molar-refractivity contribution in [1.29, 1.82) is 0 Å². The Kier molecular flexibility index (Phi) is 11.9. The minimum absolute atomic E-state index is 0. The van der Waals surface area contributed by atoms with Crippen molar-refractivity contribution in [2.45, 2.75) is 32.9 Å². The highest BCUT2D eigenvalue weighted by Gasteiger charge is 2.28. The summed E-state index contributed by atoms with van der Waals surface area (Å²) >= 11 is 0. The van der Waals surface area contributed by atoms with E-state index in [1.54, 1.807) is 7.11 Å². The molecule has 1 fully saturated rings. The summed E-state index contributed by atoms with van der Waals surface area (Å²) in [6, 6.07) is 5.77. The largest absolute Gasteiger partial charge is 0.493 e. The first-order valence-corrected chi connectivity index (χ1v) is 10.1. The predicted molar refractivity (Wildman–Crippen MR) is 132 cm³/mol. The molecule has 0 spiro atoms. The second-order valence-electron chi connectivity index (χ2n) is 7.44. The number of aliphatic imine (C=N–C) groups is 1. The molecule has 0 unspecified atom stereocenters. The summed E-state index contributed by atoms with van der Waals surface area (Å²) in [7, 11) is 1.61. The molecule has 0 radical (unpaired) electrons. The van der Waals surface area contributed by atoms with Crippen LogP contribution < -0.4 is 20.1 Å². The van der Waals surface area contributed by atoms with Crippen molar-refractivity contribution >= 4 is 29.9 Å². The summed E-state index contributed by atoms with van der Waals surface area (Å²) in [4.78, 5) is 7.17. The fourth-order valence-electron chi connectivity index (χ4n) is 3.14. The van der Waals surface area contributed by atoms with Crippen LogP contribution in [0.2, 0.25) is 0 Å². The van der Waals surface area contributed by atoms with Gasteiger partial charge in [-0.2, -0.15) is 0 Å². The van der Waals surface area contributed by atoms with Crippen molar-refractivity contribution < 1.29 is 14.2 Å². The molecule has 0 aromatic heterocycles. The van der Waals surface area contributed by atoms with Crippen LogP contribution in [-0.4, -0.2) is 69.5 Å². The minimum atomic E-state index is 0. The molecule has 0 aliphatic carbocycles. The number of methoxy groups -OCH3 is 1. The first-order chi connectivity index (χ1) is 14.0. The molecule has 8 heteroatoms. The molecule has 2 rings (SSSR count). The molecular weight excluding hydrogens is 495 g/mol. The fourth-order valence-corrected chi connectivity index (χ4v) is 3.14. The average Bonchev–Trinajstić information content (AvgIpc) is 2.75. The Morgan fingerprint density at radius 2 is 2.00 bits per heavy atom. The van der Waals surface area contributed by atoms with E-state index in [4.69, 9.17) is 25.6 Å². The topological polar surface area (TPSA) is 67.4 Å². The average molecular weight is 530 g/mol. The van der Waals surface area contributed by atoms with Gasteiger partial charge >= 0.3 is 0 Å². The number of hydrogen-bond donors (Lipinski definition) is 2. The lowest BCUT2D eigenvalue weighted by Crippen LogP contribution is -2.56.